The van der Waals surface area contributed by atoms with Gasteiger partial charge in [0.2, 0.25) is 0 Å². The molecule has 2 saturated carbocycles. The van der Waals surface area contributed by atoms with Crippen LogP contribution in [0.25, 0.3) is 0 Å². The second-order valence-corrected chi connectivity index (χ2v) is 10.8. The first-order valence-corrected chi connectivity index (χ1v) is 14.3. The van der Waals surface area contributed by atoms with Crippen LogP contribution in [0, 0.1) is 18.3 Å². The van der Waals surface area contributed by atoms with Crippen molar-refractivity contribution in [2.75, 3.05) is 6.61 Å². The van der Waals surface area contributed by atoms with Gasteiger partial charge >= 0.3 is 0 Å². The van der Waals surface area contributed by atoms with Gasteiger partial charge in [-0.1, -0.05) is 109 Å². The van der Waals surface area contributed by atoms with Crippen LogP contribution in [0.15, 0.2) is 24.3 Å². The van der Waals surface area contributed by atoms with E-state index in [1.54, 1.807) is 5.56 Å². The number of ether oxygens (including phenoxy) is 1. The molecule has 0 aromatic heterocycles. The van der Waals surface area contributed by atoms with Crippen LogP contribution in [-0.2, 0) is 16.8 Å². The highest BCUT2D eigenvalue weighted by atomic mass is 16.5. The molecule has 0 heterocycles. The van der Waals surface area contributed by atoms with Gasteiger partial charge in [-0.3, -0.25) is 0 Å². The Labute approximate surface area is 200 Å². The molecule has 32 heavy (non-hydrogen) atoms. The van der Waals surface area contributed by atoms with Crippen molar-refractivity contribution in [3.63, 3.8) is 0 Å². The lowest BCUT2D eigenvalue weighted by molar-refractivity contribution is 0.121. The third-order valence-corrected chi connectivity index (χ3v) is 8.40. The van der Waals surface area contributed by atoms with E-state index >= 15 is 0 Å². The standard InChI is InChI=1S/C31H51O/c1-3-5-24-31(28-16-12-8-6-9-13-17-28,29-18-14-10-7-11-15-19-29)30-22-20-27(21-23-30)26-32-25-4-2/h20-24,28-29H,3-19,25-26H2,1-2H3. The Balaban J connectivity index is 1.95. The minimum Gasteiger partial charge on any atom is -0.377 e. The fourth-order valence-corrected chi connectivity index (χ4v) is 6.73. The third-order valence-electron chi connectivity index (χ3n) is 8.40. The van der Waals surface area contributed by atoms with E-state index in [0.717, 1.165) is 31.5 Å². The van der Waals surface area contributed by atoms with Crippen molar-refractivity contribution < 1.29 is 4.74 Å². The first-order chi connectivity index (χ1) is 15.8. The molecule has 0 unspecified atom stereocenters. The highest BCUT2D eigenvalue weighted by Gasteiger charge is 2.45. The van der Waals surface area contributed by atoms with Crippen LogP contribution in [0.4, 0.5) is 0 Å². The van der Waals surface area contributed by atoms with E-state index < -0.39 is 0 Å². The minimum absolute atomic E-state index is 0.271. The van der Waals surface area contributed by atoms with Crippen LogP contribution in [0.1, 0.15) is 134 Å². The van der Waals surface area contributed by atoms with E-state index in [-0.39, 0.29) is 5.41 Å². The molecule has 0 bridgehead atoms. The van der Waals surface area contributed by atoms with E-state index in [2.05, 4.69) is 44.5 Å². The lowest BCUT2D eigenvalue weighted by Crippen LogP contribution is -2.44. The van der Waals surface area contributed by atoms with Gasteiger partial charge in [0.25, 0.3) is 0 Å². The maximum absolute atomic E-state index is 5.84. The topological polar surface area (TPSA) is 9.23 Å². The molecule has 0 amide bonds. The van der Waals surface area contributed by atoms with Crippen LogP contribution in [-0.4, -0.2) is 6.61 Å². The average Bonchev–Trinajstić information content (AvgIpc) is 2.76. The number of rotatable bonds is 10. The van der Waals surface area contributed by atoms with Crippen LogP contribution in [0.3, 0.4) is 0 Å². The number of hydrogen-bond donors (Lipinski definition) is 0. The highest BCUT2D eigenvalue weighted by Crippen LogP contribution is 2.51. The molecule has 1 nitrogen and oxygen atoms in total. The average molecular weight is 440 g/mol. The molecule has 1 heteroatoms. The van der Waals surface area contributed by atoms with Crippen molar-refractivity contribution in [3.05, 3.63) is 41.8 Å². The summed E-state index contributed by atoms with van der Waals surface area (Å²) in [6, 6.07) is 9.78. The van der Waals surface area contributed by atoms with Gasteiger partial charge in [0.15, 0.2) is 0 Å². The van der Waals surface area contributed by atoms with Gasteiger partial charge in [0.1, 0.15) is 0 Å². The molecular weight excluding hydrogens is 388 g/mol. The van der Waals surface area contributed by atoms with E-state index in [0.29, 0.717) is 0 Å². The lowest BCUT2D eigenvalue weighted by atomic mass is 9.55. The number of hydrogen-bond acceptors (Lipinski definition) is 1. The number of benzene rings is 1. The molecule has 2 aliphatic carbocycles. The Kier molecular flexibility index (Phi) is 11.6. The molecule has 1 aromatic carbocycles. The molecule has 0 saturated heterocycles. The zero-order chi connectivity index (χ0) is 22.5. The summed E-state index contributed by atoms with van der Waals surface area (Å²) in [4.78, 5) is 0. The van der Waals surface area contributed by atoms with Crippen LogP contribution < -0.4 is 0 Å². The van der Waals surface area contributed by atoms with Crippen molar-refractivity contribution in [1.82, 2.24) is 0 Å². The molecule has 1 radical (unpaired) electrons. The first kappa shape index (κ1) is 25.8. The van der Waals surface area contributed by atoms with Crippen molar-refractivity contribution in [2.24, 2.45) is 11.8 Å². The van der Waals surface area contributed by atoms with Crippen molar-refractivity contribution in [1.29, 1.82) is 0 Å². The Morgan fingerprint density at radius 3 is 1.69 bits per heavy atom. The molecule has 0 N–H and O–H groups in total. The fourth-order valence-electron chi connectivity index (χ4n) is 6.73. The normalized spacial score (nSPS) is 20.3. The first-order valence-electron chi connectivity index (χ1n) is 14.3. The maximum Gasteiger partial charge on any atom is 0.0716 e. The van der Waals surface area contributed by atoms with E-state index in [9.17, 15) is 0 Å². The highest BCUT2D eigenvalue weighted by molar-refractivity contribution is 5.34. The van der Waals surface area contributed by atoms with Gasteiger partial charge in [-0.25, -0.2) is 0 Å². The molecule has 2 aliphatic rings. The van der Waals surface area contributed by atoms with Crippen molar-refractivity contribution in [3.8, 4) is 0 Å². The minimum atomic E-state index is 0.271. The zero-order valence-electron chi connectivity index (χ0n) is 21.4. The fraction of sp³-hybridized carbons (Fsp3) is 0.774. The van der Waals surface area contributed by atoms with Crippen molar-refractivity contribution >= 4 is 0 Å². The van der Waals surface area contributed by atoms with Crippen LogP contribution in [0.2, 0.25) is 0 Å². The molecule has 181 valence electrons. The molecular formula is C31H51O. The van der Waals surface area contributed by atoms with Gasteiger partial charge in [-0.05, 0) is 67.9 Å². The summed E-state index contributed by atoms with van der Waals surface area (Å²) in [6.07, 6.45) is 26.6. The Bertz CT molecular complexity index is 565. The van der Waals surface area contributed by atoms with Gasteiger partial charge in [0.05, 0.1) is 6.61 Å². The summed E-state index contributed by atoms with van der Waals surface area (Å²) in [5.74, 6) is 1.64. The summed E-state index contributed by atoms with van der Waals surface area (Å²) < 4.78 is 5.84. The van der Waals surface area contributed by atoms with Gasteiger partial charge in [-0.15, -0.1) is 0 Å². The van der Waals surface area contributed by atoms with Crippen LogP contribution in [0.5, 0.6) is 0 Å². The second-order valence-electron chi connectivity index (χ2n) is 10.8. The molecule has 3 rings (SSSR count). The summed E-state index contributed by atoms with van der Waals surface area (Å²) >= 11 is 0. The van der Waals surface area contributed by atoms with Gasteiger partial charge in [0, 0.05) is 12.0 Å². The summed E-state index contributed by atoms with van der Waals surface area (Å²) in [5.41, 5.74) is 3.23. The molecule has 2 fully saturated rings. The SMILES string of the molecule is CCC[CH]C(c1ccc(COCCC)cc1)(C1CCCCCCC1)C1CCCCCCC1. The van der Waals surface area contributed by atoms with E-state index in [1.807, 2.05) is 0 Å². The monoisotopic (exact) mass is 439 g/mol. The molecule has 0 atom stereocenters. The molecule has 0 spiro atoms. The maximum atomic E-state index is 5.84. The number of unbranched alkanes of at least 4 members (excludes halogenated alkanes) is 1. The third kappa shape index (κ3) is 7.09. The molecule has 0 aliphatic heterocycles. The predicted molar refractivity (Wildman–Crippen MR) is 139 cm³/mol. The largest absolute Gasteiger partial charge is 0.377 e. The van der Waals surface area contributed by atoms with Gasteiger partial charge < -0.3 is 4.74 Å². The zero-order valence-corrected chi connectivity index (χ0v) is 21.4. The van der Waals surface area contributed by atoms with Crippen molar-refractivity contribution in [2.45, 2.75) is 135 Å². The van der Waals surface area contributed by atoms with E-state index in [1.165, 1.54) is 108 Å². The van der Waals surface area contributed by atoms with Gasteiger partial charge in [-0.2, -0.15) is 0 Å². The Morgan fingerprint density at radius 1 is 0.719 bits per heavy atom. The lowest BCUT2D eigenvalue weighted by Gasteiger charge is -2.49. The second kappa shape index (κ2) is 14.4. The molecule has 1 aromatic rings. The summed E-state index contributed by atoms with van der Waals surface area (Å²) in [7, 11) is 0. The summed E-state index contributed by atoms with van der Waals surface area (Å²) in [6.45, 7) is 6.17. The van der Waals surface area contributed by atoms with Crippen LogP contribution >= 0.6 is 0 Å². The quantitative estimate of drug-likeness (QED) is 0.330. The Hall–Kier alpha value is -0.820. The summed E-state index contributed by atoms with van der Waals surface area (Å²) in [5, 5.41) is 0. The Morgan fingerprint density at radius 2 is 1.22 bits per heavy atom. The van der Waals surface area contributed by atoms with E-state index in [4.69, 9.17) is 4.74 Å². The predicted octanol–water partition coefficient (Wildman–Crippen LogP) is 9.58. The smallest absolute Gasteiger partial charge is 0.0716 e.